The second-order valence-electron chi connectivity index (χ2n) is 7.20. The molecule has 1 amide bonds. The van der Waals surface area contributed by atoms with Gasteiger partial charge in [0.1, 0.15) is 5.03 Å². The first-order valence-electron chi connectivity index (χ1n) is 10.1. The highest BCUT2D eigenvalue weighted by molar-refractivity contribution is 7.99. The first kappa shape index (κ1) is 20.4. The number of anilines is 1. The highest BCUT2D eigenvalue weighted by atomic mass is 32.2. The summed E-state index contributed by atoms with van der Waals surface area (Å²) in [5.41, 5.74) is 2.92. The van der Waals surface area contributed by atoms with Gasteiger partial charge in [0, 0.05) is 43.5 Å². The lowest BCUT2D eigenvalue weighted by atomic mass is 10.1. The van der Waals surface area contributed by atoms with Crippen molar-refractivity contribution in [2.24, 2.45) is 0 Å². The Hall–Kier alpha value is -2.83. The van der Waals surface area contributed by atoms with Crippen LogP contribution in [0.2, 0.25) is 0 Å². The van der Waals surface area contributed by atoms with Crippen LogP contribution >= 0.6 is 11.8 Å². The first-order chi connectivity index (χ1) is 14.7. The molecule has 1 fully saturated rings. The van der Waals surface area contributed by atoms with E-state index in [0.717, 1.165) is 41.8 Å². The van der Waals surface area contributed by atoms with E-state index in [-0.39, 0.29) is 5.91 Å². The minimum absolute atomic E-state index is 0.0289. The number of carbonyl (C=O) groups excluding carboxylic acids is 1. The Morgan fingerprint density at radius 1 is 1.03 bits per heavy atom. The number of hydrogen-bond acceptors (Lipinski definition) is 5. The minimum Gasteiger partial charge on any atom is -0.378 e. The third kappa shape index (κ3) is 5.01. The van der Waals surface area contributed by atoms with Gasteiger partial charge < -0.3 is 14.5 Å². The van der Waals surface area contributed by atoms with Gasteiger partial charge in [-0.2, -0.15) is 0 Å². The van der Waals surface area contributed by atoms with E-state index in [1.54, 1.807) is 11.1 Å². The number of benzene rings is 2. The van der Waals surface area contributed by atoms with Crippen molar-refractivity contribution in [3.05, 3.63) is 84.1 Å². The summed E-state index contributed by atoms with van der Waals surface area (Å²) < 4.78 is 5.42. The second kappa shape index (κ2) is 9.78. The molecule has 4 rings (SSSR count). The van der Waals surface area contributed by atoms with E-state index in [1.165, 1.54) is 17.4 Å². The van der Waals surface area contributed by atoms with E-state index < -0.39 is 0 Å². The number of nitrogens with zero attached hydrogens (tertiary/aromatic N) is 3. The van der Waals surface area contributed by atoms with E-state index in [0.29, 0.717) is 12.1 Å². The zero-order valence-electron chi connectivity index (χ0n) is 17.0. The summed E-state index contributed by atoms with van der Waals surface area (Å²) in [6, 6.07) is 22.1. The molecular weight excluding hydrogens is 394 g/mol. The molecule has 0 spiro atoms. The van der Waals surface area contributed by atoms with Crippen LogP contribution in [0.4, 0.5) is 5.69 Å². The number of aromatic nitrogens is 1. The number of amides is 1. The molecule has 6 heteroatoms. The highest BCUT2D eigenvalue weighted by Crippen LogP contribution is 2.29. The van der Waals surface area contributed by atoms with Gasteiger partial charge >= 0.3 is 0 Å². The Balaban J connectivity index is 1.44. The third-order valence-electron chi connectivity index (χ3n) is 5.04. The molecule has 154 valence electrons. The van der Waals surface area contributed by atoms with E-state index in [4.69, 9.17) is 4.74 Å². The van der Waals surface area contributed by atoms with Gasteiger partial charge in [-0.25, -0.2) is 4.98 Å². The van der Waals surface area contributed by atoms with Gasteiger partial charge in [-0.1, -0.05) is 42.1 Å². The summed E-state index contributed by atoms with van der Waals surface area (Å²) in [7, 11) is 1.84. The van der Waals surface area contributed by atoms with Crippen molar-refractivity contribution in [1.29, 1.82) is 0 Å². The molecule has 3 aromatic rings. The van der Waals surface area contributed by atoms with E-state index in [9.17, 15) is 4.79 Å². The van der Waals surface area contributed by atoms with Crippen molar-refractivity contribution in [2.75, 3.05) is 38.3 Å². The molecule has 2 aromatic carbocycles. The predicted molar refractivity (Wildman–Crippen MR) is 120 cm³/mol. The smallest absolute Gasteiger partial charge is 0.256 e. The Bertz CT molecular complexity index is 973. The van der Waals surface area contributed by atoms with E-state index in [2.05, 4.69) is 34.1 Å². The number of ether oxygens (including phenoxy) is 1. The Kier molecular flexibility index (Phi) is 6.67. The average Bonchev–Trinajstić information content (AvgIpc) is 2.81. The largest absolute Gasteiger partial charge is 0.378 e. The molecule has 1 aliphatic heterocycles. The van der Waals surface area contributed by atoms with Gasteiger partial charge in [-0.15, -0.1) is 0 Å². The summed E-state index contributed by atoms with van der Waals surface area (Å²) in [6.45, 7) is 3.93. The highest BCUT2D eigenvalue weighted by Gasteiger charge is 2.18. The molecule has 0 N–H and O–H groups in total. The van der Waals surface area contributed by atoms with Crippen LogP contribution in [-0.2, 0) is 11.3 Å². The molecule has 2 heterocycles. The van der Waals surface area contributed by atoms with E-state index >= 15 is 0 Å². The molecule has 0 radical (unpaired) electrons. The van der Waals surface area contributed by atoms with Crippen molar-refractivity contribution in [2.45, 2.75) is 16.5 Å². The van der Waals surface area contributed by atoms with Crippen molar-refractivity contribution in [1.82, 2.24) is 9.88 Å². The molecule has 1 aromatic heterocycles. The molecule has 30 heavy (non-hydrogen) atoms. The van der Waals surface area contributed by atoms with Crippen LogP contribution in [0.25, 0.3) is 0 Å². The van der Waals surface area contributed by atoms with Crippen LogP contribution in [0.1, 0.15) is 15.9 Å². The maximum absolute atomic E-state index is 13.1. The summed E-state index contributed by atoms with van der Waals surface area (Å²) in [5, 5.41) is 0.725. The molecule has 1 aliphatic rings. The Labute approximate surface area is 181 Å². The SMILES string of the molecule is CN(Cc1ccc(N2CCOCC2)cc1)C(=O)c1cccnc1Sc1ccccc1. The first-order valence-corrected chi connectivity index (χ1v) is 10.9. The van der Waals surface area contributed by atoms with Gasteiger partial charge in [0.05, 0.1) is 18.8 Å². The lowest BCUT2D eigenvalue weighted by Gasteiger charge is -2.29. The van der Waals surface area contributed by atoms with Crippen molar-refractivity contribution < 1.29 is 9.53 Å². The molecule has 0 saturated carbocycles. The minimum atomic E-state index is -0.0289. The van der Waals surface area contributed by atoms with Crippen molar-refractivity contribution in [3.8, 4) is 0 Å². The number of rotatable bonds is 6. The number of hydrogen-bond donors (Lipinski definition) is 0. The van der Waals surface area contributed by atoms with E-state index in [1.807, 2.05) is 49.5 Å². The predicted octanol–water partition coefficient (Wildman–Crippen LogP) is 4.34. The van der Waals surface area contributed by atoms with Gasteiger partial charge in [0.15, 0.2) is 0 Å². The maximum Gasteiger partial charge on any atom is 0.256 e. The quantitative estimate of drug-likeness (QED) is 0.595. The van der Waals surface area contributed by atoms with Gasteiger partial charge in [-0.3, -0.25) is 4.79 Å². The zero-order chi connectivity index (χ0) is 20.8. The molecule has 0 unspecified atom stereocenters. The van der Waals surface area contributed by atoms with Crippen LogP contribution in [0.3, 0.4) is 0 Å². The van der Waals surface area contributed by atoms with Crippen LogP contribution in [-0.4, -0.2) is 49.1 Å². The number of morpholine rings is 1. The van der Waals surface area contributed by atoms with Crippen molar-refractivity contribution >= 4 is 23.4 Å². The topological polar surface area (TPSA) is 45.7 Å². The third-order valence-corrected chi connectivity index (χ3v) is 6.06. The van der Waals surface area contributed by atoms with Gasteiger partial charge in [0.25, 0.3) is 5.91 Å². The van der Waals surface area contributed by atoms with Crippen LogP contribution in [0.15, 0.2) is 82.8 Å². The van der Waals surface area contributed by atoms with Crippen LogP contribution < -0.4 is 4.90 Å². The molecule has 0 bridgehead atoms. The molecule has 0 aliphatic carbocycles. The summed E-state index contributed by atoms with van der Waals surface area (Å²) in [5.74, 6) is -0.0289. The summed E-state index contributed by atoms with van der Waals surface area (Å²) >= 11 is 1.51. The zero-order valence-corrected chi connectivity index (χ0v) is 17.8. The molecular formula is C24H25N3O2S. The lowest BCUT2D eigenvalue weighted by molar-refractivity contribution is 0.0781. The molecule has 0 atom stereocenters. The number of pyridine rings is 1. The average molecular weight is 420 g/mol. The summed E-state index contributed by atoms with van der Waals surface area (Å²) in [6.07, 6.45) is 1.73. The van der Waals surface area contributed by atoms with Gasteiger partial charge in [-0.05, 0) is 42.0 Å². The van der Waals surface area contributed by atoms with Gasteiger partial charge in [0.2, 0.25) is 0 Å². The lowest BCUT2D eigenvalue weighted by Crippen LogP contribution is -2.36. The fourth-order valence-electron chi connectivity index (χ4n) is 3.42. The standard InChI is InChI=1S/C24H25N3O2S/c1-26(18-19-9-11-20(12-10-19)27-14-16-29-17-15-27)24(28)22-8-5-13-25-23(22)30-21-6-3-2-4-7-21/h2-13H,14-18H2,1H3. The van der Waals surface area contributed by atoms with Crippen LogP contribution in [0.5, 0.6) is 0 Å². The molecule has 5 nitrogen and oxygen atoms in total. The number of carbonyl (C=O) groups is 1. The summed E-state index contributed by atoms with van der Waals surface area (Å²) in [4.78, 5) is 22.7. The Morgan fingerprint density at radius 3 is 2.50 bits per heavy atom. The Morgan fingerprint density at radius 2 is 1.77 bits per heavy atom. The monoisotopic (exact) mass is 419 g/mol. The normalized spacial score (nSPS) is 13.8. The van der Waals surface area contributed by atoms with Crippen molar-refractivity contribution in [3.63, 3.8) is 0 Å². The molecule has 1 saturated heterocycles. The van der Waals surface area contributed by atoms with Crippen LogP contribution in [0, 0.1) is 0 Å². The fourth-order valence-corrected chi connectivity index (χ4v) is 4.32. The maximum atomic E-state index is 13.1. The second-order valence-corrected chi connectivity index (χ2v) is 8.26. The fraction of sp³-hybridized carbons (Fsp3) is 0.250.